The zero-order valence-electron chi connectivity index (χ0n) is 15.4. The molecule has 3 aromatic rings. The molecule has 1 saturated heterocycles. The number of fused-ring (bicyclic) bond motifs is 1. The Labute approximate surface area is 161 Å². The van der Waals surface area contributed by atoms with Gasteiger partial charge in [-0.2, -0.15) is 4.98 Å². The summed E-state index contributed by atoms with van der Waals surface area (Å²) in [5.74, 6) is 2.55. The molecular formula is C21H19N3O4. The van der Waals surface area contributed by atoms with Crippen LogP contribution in [0.1, 0.15) is 29.3 Å². The molecule has 1 atom stereocenters. The second-order valence-corrected chi connectivity index (χ2v) is 7.19. The number of aryl methyl sites for hydroxylation is 1. The van der Waals surface area contributed by atoms with Gasteiger partial charge in [-0.1, -0.05) is 28.9 Å². The third-order valence-corrected chi connectivity index (χ3v) is 5.13. The van der Waals surface area contributed by atoms with E-state index < -0.39 is 0 Å². The average Bonchev–Trinajstić information content (AvgIpc) is 3.42. The predicted molar refractivity (Wildman–Crippen MR) is 99.8 cm³/mol. The zero-order chi connectivity index (χ0) is 19.1. The van der Waals surface area contributed by atoms with Crippen LogP contribution in [0.4, 0.5) is 0 Å². The molecular weight excluding hydrogens is 358 g/mol. The lowest BCUT2D eigenvalue weighted by Crippen LogP contribution is -2.24. The molecule has 0 spiro atoms. The van der Waals surface area contributed by atoms with E-state index >= 15 is 0 Å². The zero-order valence-corrected chi connectivity index (χ0v) is 15.4. The number of likely N-dealkylation sites (tertiary alicyclic amines) is 1. The van der Waals surface area contributed by atoms with E-state index in [1.807, 2.05) is 54.3 Å². The summed E-state index contributed by atoms with van der Waals surface area (Å²) in [6.45, 7) is 3.36. The minimum Gasteiger partial charge on any atom is -0.454 e. The van der Waals surface area contributed by atoms with Crippen LogP contribution in [0.2, 0.25) is 0 Å². The Bertz CT molecular complexity index is 1030. The molecule has 0 saturated carbocycles. The van der Waals surface area contributed by atoms with Gasteiger partial charge in [0, 0.05) is 31.0 Å². The smallest absolute Gasteiger partial charge is 0.257 e. The highest BCUT2D eigenvalue weighted by Crippen LogP contribution is 2.34. The lowest BCUT2D eigenvalue weighted by Gasteiger charge is -2.16. The quantitative estimate of drug-likeness (QED) is 0.694. The van der Waals surface area contributed by atoms with Gasteiger partial charge >= 0.3 is 0 Å². The van der Waals surface area contributed by atoms with E-state index in [0.717, 1.165) is 22.6 Å². The predicted octanol–water partition coefficient (Wildman–Crippen LogP) is 3.29. The van der Waals surface area contributed by atoms with Crippen molar-refractivity contribution < 1.29 is 18.8 Å². The number of ether oxygens (including phenoxy) is 2. The van der Waals surface area contributed by atoms with Crippen molar-refractivity contribution in [3.8, 4) is 23.0 Å². The number of aromatic nitrogens is 2. The Kier molecular flexibility index (Phi) is 4.00. The maximum absolute atomic E-state index is 12.5. The van der Waals surface area contributed by atoms with Crippen LogP contribution in [0, 0.1) is 6.92 Å². The minimum atomic E-state index is -0.0653. The number of rotatable bonds is 4. The van der Waals surface area contributed by atoms with Gasteiger partial charge in [0.15, 0.2) is 17.3 Å². The van der Waals surface area contributed by atoms with Gasteiger partial charge in [0.25, 0.3) is 5.89 Å². The first-order valence-corrected chi connectivity index (χ1v) is 9.22. The fraction of sp³-hybridized carbons (Fsp3) is 0.286. The van der Waals surface area contributed by atoms with E-state index in [2.05, 4.69) is 10.1 Å². The monoisotopic (exact) mass is 377 g/mol. The number of amides is 1. The van der Waals surface area contributed by atoms with Gasteiger partial charge in [-0.25, -0.2) is 0 Å². The highest BCUT2D eigenvalue weighted by molar-refractivity contribution is 5.79. The highest BCUT2D eigenvalue weighted by atomic mass is 16.7. The maximum atomic E-state index is 12.5. The average molecular weight is 377 g/mol. The molecule has 0 aliphatic carbocycles. The summed E-state index contributed by atoms with van der Waals surface area (Å²) >= 11 is 0. The summed E-state index contributed by atoms with van der Waals surface area (Å²) < 4.78 is 16.2. The second kappa shape index (κ2) is 6.67. The number of nitrogens with zero attached hydrogens (tertiary/aromatic N) is 3. The molecule has 1 amide bonds. The molecule has 7 nitrogen and oxygen atoms in total. The van der Waals surface area contributed by atoms with Gasteiger partial charge in [-0.3, -0.25) is 4.79 Å². The maximum Gasteiger partial charge on any atom is 0.257 e. The van der Waals surface area contributed by atoms with Gasteiger partial charge in [-0.15, -0.1) is 0 Å². The third-order valence-electron chi connectivity index (χ3n) is 5.13. The van der Waals surface area contributed by atoms with Crippen LogP contribution in [0.25, 0.3) is 11.5 Å². The van der Waals surface area contributed by atoms with Crippen LogP contribution in [0.3, 0.4) is 0 Å². The van der Waals surface area contributed by atoms with E-state index in [9.17, 15) is 4.79 Å². The summed E-state index contributed by atoms with van der Waals surface area (Å²) in [4.78, 5) is 18.8. The molecule has 2 aromatic carbocycles. The van der Waals surface area contributed by atoms with Crippen LogP contribution in [0.15, 0.2) is 47.0 Å². The first-order chi connectivity index (χ1) is 13.7. The molecule has 0 N–H and O–H groups in total. The fourth-order valence-electron chi connectivity index (χ4n) is 3.57. The molecule has 1 unspecified atom stereocenters. The van der Waals surface area contributed by atoms with E-state index in [1.165, 1.54) is 5.56 Å². The largest absolute Gasteiger partial charge is 0.454 e. The normalized spacial score (nSPS) is 18.1. The van der Waals surface area contributed by atoms with Crippen LogP contribution >= 0.6 is 0 Å². The topological polar surface area (TPSA) is 77.7 Å². The summed E-state index contributed by atoms with van der Waals surface area (Å²) in [6, 6.07) is 13.7. The van der Waals surface area contributed by atoms with E-state index in [-0.39, 0.29) is 18.6 Å². The molecule has 142 valence electrons. The van der Waals surface area contributed by atoms with E-state index in [0.29, 0.717) is 31.2 Å². The molecule has 0 radical (unpaired) electrons. The van der Waals surface area contributed by atoms with Crippen molar-refractivity contribution in [2.75, 3.05) is 13.3 Å². The molecule has 28 heavy (non-hydrogen) atoms. The molecule has 1 fully saturated rings. The number of hydrogen-bond donors (Lipinski definition) is 0. The number of carbonyl (C=O) groups is 1. The third kappa shape index (κ3) is 3.09. The molecule has 2 aliphatic heterocycles. The van der Waals surface area contributed by atoms with Crippen LogP contribution in [-0.2, 0) is 11.3 Å². The number of carbonyl (C=O) groups excluding carboxylic acids is 1. The van der Waals surface area contributed by atoms with Crippen LogP contribution < -0.4 is 9.47 Å². The fourth-order valence-corrected chi connectivity index (χ4v) is 3.57. The van der Waals surface area contributed by atoms with Crippen molar-refractivity contribution in [2.24, 2.45) is 0 Å². The summed E-state index contributed by atoms with van der Waals surface area (Å²) in [5.41, 5.74) is 3.06. The van der Waals surface area contributed by atoms with Crippen molar-refractivity contribution in [3.05, 3.63) is 59.4 Å². The summed E-state index contributed by atoms with van der Waals surface area (Å²) in [6.07, 6.45) is 0.386. The van der Waals surface area contributed by atoms with Gasteiger partial charge in [0.1, 0.15) is 0 Å². The number of benzene rings is 2. The second-order valence-electron chi connectivity index (χ2n) is 7.19. The van der Waals surface area contributed by atoms with Gasteiger partial charge in [0.2, 0.25) is 12.7 Å². The molecule has 3 heterocycles. The SMILES string of the molecule is Cc1ccc(-c2nc(C3CC(=O)N(Cc4ccc5c(c4)OCO5)C3)no2)cc1. The first kappa shape index (κ1) is 16.8. The van der Waals surface area contributed by atoms with Crippen molar-refractivity contribution >= 4 is 5.91 Å². The van der Waals surface area contributed by atoms with Crippen LogP contribution in [0.5, 0.6) is 11.5 Å². The van der Waals surface area contributed by atoms with E-state index in [1.54, 1.807) is 0 Å². The summed E-state index contributed by atoms with van der Waals surface area (Å²) in [5, 5.41) is 4.12. The van der Waals surface area contributed by atoms with Gasteiger partial charge in [0.05, 0.1) is 0 Å². The minimum absolute atomic E-state index is 0.0653. The lowest BCUT2D eigenvalue weighted by atomic mass is 10.1. The number of hydrogen-bond acceptors (Lipinski definition) is 6. The molecule has 1 aromatic heterocycles. The molecule has 7 heteroatoms. The van der Waals surface area contributed by atoms with Crippen molar-refractivity contribution in [1.82, 2.24) is 15.0 Å². The molecule has 2 aliphatic rings. The van der Waals surface area contributed by atoms with E-state index in [4.69, 9.17) is 14.0 Å². The molecule has 5 rings (SSSR count). The Hall–Kier alpha value is -3.35. The Balaban J connectivity index is 1.29. The molecule has 0 bridgehead atoms. The summed E-state index contributed by atoms with van der Waals surface area (Å²) in [7, 11) is 0. The Morgan fingerprint density at radius 1 is 1.11 bits per heavy atom. The Morgan fingerprint density at radius 2 is 1.93 bits per heavy atom. The van der Waals surface area contributed by atoms with Gasteiger partial charge in [-0.05, 0) is 36.8 Å². The van der Waals surface area contributed by atoms with Gasteiger partial charge < -0.3 is 18.9 Å². The van der Waals surface area contributed by atoms with Crippen molar-refractivity contribution in [2.45, 2.75) is 25.8 Å². The Morgan fingerprint density at radius 3 is 2.79 bits per heavy atom. The highest BCUT2D eigenvalue weighted by Gasteiger charge is 2.34. The van der Waals surface area contributed by atoms with Crippen molar-refractivity contribution in [1.29, 1.82) is 0 Å². The standard InChI is InChI=1S/C21H19N3O4/c1-13-2-5-15(6-3-13)21-22-20(23-28-21)16-9-19(25)24(11-16)10-14-4-7-17-18(8-14)27-12-26-17/h2-8,16H,9-12H2,1H3. The van der Waals surface area contributed by atoms with Crippen LogP contribution in [-0.4, -0.2) is 34.3 Å². The lowest BCUT2D eigenvalue weighted by molar-refractivity contribution is -0.128. The van der Waals surface area contributed by atoms with Crippen molar-refractivity contribution in [3.63, 3.8) is 0 Å². The first-order valence-electron chi connectivity index (χ1n) is 9.22.